The predicted octanol–water partition coefficient (Wildman–Crippen LogP) is 2.61. The first-order valence-corrected chi connectivity index (χ1v) is 8.67. The van der Waals surface area contributed by atoms with Gasteiger partial charge in [0.15, 0.2) is 0 Å². The van der Waals surface area contributed by atoms with E-state index in [0.29, 0.717) is 12.3 Å². The van der Waals surface area contributed by atoms with Gasteiger partial charge in [-0.15, -0.1) is 0 Å². The van der Waals surface area contributed by atoms with E-state index in [9.17, 15) is 4.79 Å². The summed E-state index contributed by atoms with van der Waals surface area (Å²) in [6.45, 7) is 0.468. The molecule has 0 bridgehead atoms. The molecule has 6 nitrogen and oxygen atoms in total. The summed E-state index contributed by atoms with van der Waals surface area (Å²) in [6, 6.07) is 13.5. The molecule has 1 N–H and O–H groups in total. The number of aromatic nitrogens is 3. The normalized spacial score (nSPS) is 16.3. The molecule has 3 heterocycles. The minimum atomic E-state index is -0.144. The Kier molecular flexibility index (Phi) is 4.39. The van der Waals surface area contributed by atoms with Crippen LogP contribution in [0.2, 0.25) is 0 Å². The molecule has 0 saturated heterocycles. The van der Waals surface area contributed by atoms with E-state index in [2.05, 4.69) is 21.5 Å². The van der Waals surface area contributed by atoms with Crippen LogP contribution in [0.4, 0.5) is 0 Å². The van der Waals surface area contributed by atoms with Crippen molar-refractivity contribution >= 4 is 5.91 Å². The average molecular weight is 348 g/mol. The largest absolute Gasteiger partial charge is 0.491 e. The van der Waals surface area contributed by atoms with Gasteiger partial charge in [0.2, 0.25) is 0 Å². The van der Waals surface area contributed by atoms with E-state index >= 15 is 0 Å². The third-order valence-corrected chi connectivity index (χ3v) is 4.58. The standard InChI is InChI=1S/C20H20N4O2/c1-24-18(11-17(23-24)15-6-4-10-21-12-15)20(25)22-16-9-8-14-5-2-3-7-19(14)26-13-16/h2-7,10-12,16H,8-9,13H2,1H3,(H,22,25). The maximum Gasteiger partial charge on any atom is 0.269 e. The Labute approximate surface area is 151 Å². The van der Waals surface area contributed by atoms with E-state index in [1.807, 2.05) is 30.3 Å². The van der Waals surface area contributed by atoms with Crippen LogP contribution >= 0.6 is 0 Å². The van der Waals surface area contributed by atoms with E-state index in [4.69, 9.17) is 4.74 Å². The van der Waals surface area contributed by atoms with Crippen molar-refractivity contribution in [3.63, 3.8) is 0 Å². The predicted molar refractivity (Wildman–Crippen MR) is 98.0 cm³/mol. The van der Waals surface area contributed by atoms with E-state index in [1.54, 1.807) is 30.2 Å². The molecule has 1 aromatic carbocycles. The number of amides is 1. The third-order valence-electron chi connectivity index (χ3n) is 4.58. The van der Waals surface area contributed by atoms with Gasteiger partial charge in [-0.3, -0.25) is 14.5 Å². The number of rotatable bonds is 3. The van der Waals surface area contributed by atoms with Crippen molar-refractivity contribution in [2.24, 2.45) is 7.05 Å². The first-order chi connectivity index (χ1) is 12.7. The maximum absolute atomic E-state index is 12.7. The molecule has 1 aliphatic rings. The summed E-state index contributed by atoms with van der Waals surface area (Å²) in [5, 5.41) is 7.51. The molecule has 0 saturated carbocycles. The highest BCUT2D eigenvalue weighted by atomic mass is 16.5. The number of fused-ring (bicyclic) bond motifs is 1. The molecule has 6 heteroatoms. The van der Waals surface area contributed by atoms with Gasteiger partial charge in [0.25, 0.3) is 5.91 Å². The van der Waals surface area contributed by atoms with Crippen LogP contribution in [0.25, 0.3) is 11.3 Å². The molecule has 0 radical (unpaired) electrons. The van der Waals surface area contributed by atoms with E-state index in [-0.39, 0.29) is 11.9 Å². The van der Waals surface area contributed by atoms with Crippen LogP contribution in [0.15, 0.2) is 54.9 Å². The van der Waals surface area contributed by atoms with Crippen LogP contribution in [0, 0.1) is 0 Å². The van der Waals surface area contributed by atoms with E-state index in [1.165, 1.54) is 5.56 Å². The van der Waals surface area contributed by atoms with Crippen LogP contribution < -0.4 is 10.1 Å². The highest BCUT2D eigenvalue weighted by Crippen LogP contribution is 2.24. The summed E-state index contributed by atoms with van der Waals surface area (Å²) in [6.07, 6.45) is 5.17. The van der Waals surface area contributed by atoms with Crippen LogP contribution in [0.1, 0.15) is 22.5 Å². The van der Waals surface area contributed by atoms with Crippen molar-refractivity contribution in [3.05, 3.63) is 66.1 Å². The number of pyridine rings is 1. The summed E-state index contributed by atoms with van der Waals surface area (Å²) < 4.78 is 7.46. The summed E-state index contributed by atoms with van der Waals surface area (Å²) >= 11 is 0. The van der Waals surface area contributed by atoms with E-state index in [0.717, 1.165) is 29.8 Å². The van der Waals surface area contributed by atoms with Gasteiger partial charge in [-0.25, -0.2) is 0 Å². The van der Waals surface area contributed by atoms with Gasteiger partial charge >= 0.3 is 0 Å². The number of ether oxygens (including phenoxy) is 1. The second-order valence-electron chi connectivity index (χ2n) is 6.41. The van der Waals surface area contributed by atoms with Crippen LogP contribution in [-0.2, 0) is 13.5 Å². The maximum atomic E-state index is 12.7. The molecule has 26 heavy (non-hydrogen) atoms. The van der Waals surface area contributed by atoms with Gasteiger partial charge in [0.1, 0.15) is 18.1 Å². The molecule has 1 aliphatic heterocycles. The molecule has 1 amide bonds. The summed E-state index contributed by atoms with van der Waals surface area (Å²) in [4.78, 5) is 16.8. The van der Waals surface area contributed by atoms with E-state index < -0.39 is 0 Å². The quantitative estimate of drug-likeness (QED) is 0.790. The number of benzene rings is 1. The summed E-state index contributed by atoms with van der Waals surface area (Å²) in [5.74, 6) is 0.762. The van der Waals surface area contributed by atoms with Gasteiger partial charge in [0, 0.05) is 25.0 Å². The van der Waals surface area contributed by atoms with Crippen LogP contribution in [0.3, 0.4) is 0 Å². The number of para-hydroxylation sites is 1. The van der Waals surface area contributed by atoms with Crippen molar-refractivity contribution < 1.29 is 9.53 Å². The fourth-order valence-electron chi connectivity index (χ4n) is 3.16. The van der Waals surface area contributed by atoms with Crippen LogP contribution in [0.5, 0.6) is 5.75 Å². The molecule has 1 atom stereocenters. The second kappa shape index (κ2) is 7.00. The van der Waals surface area contributed by atoms with Crippen molar-refractivity contribution in [2.45, 2.75) is 18.9 Å². The highest BCUT2D eigenvalue weighted by molar-refractivity contribution is 5.93. The average Bonchev–Trinajstić information content (AvgIpc) is 2.95. The summed E-state index contributed by atoms with van der Waals surface area (Å²) in [5.41, 5.74) is 3.32. The van der Waals surface area contributed by atoms with Crippen molar-refractivity contribution in [1.82, 2.24) is 20.1 Å². The highest BCUT2D eigenvalue weighted by Gasteiger charge is 2.21. The Morgan fingerprint density at radius 3 is 3.00 bits per heavy atom. The first-order valence-electron chi connectivity index (χ1n) is 8.67. The lowest BCUT2D eigenvalue weighted by Gasteiger charge is -2.16. The number of hydrogen-bond acceptors (Lipinski definition) is 4. The molecule has 0 aliphatic carbocycles. The molecule has 0 spiro atoms. The lowest BCUT2D eigenvalue weighted by molar-refractivity contribution is 0.0911. The Morgan fingerprint density at radius 1 is 1.27 bits per heavy atom. The molecule has 1 unspecified atom stereocenters. The zero-order chi connectivity index (χ0) is 17.9. The van der Waals surface area contributed by atoms with Crippen molar-refractivity contribution in [1.29, 1.82) is 0 Å². The lowest BCUT2D eigenvalue weighted by Crippen LogP contribution is -2.39. The van der Waals surface area contributed by atoms with Gasteiger partial charge < -0.3 is 10.1 Å². The second-order valence-corrected chi connectivity index (χ2v) is 6.41. The number of nitrogens with one attached hydrogen (secondary N) is 1. The van der Waals surface area contributed by atoms with Crippen LogP contribution in [-0.4, -0.2) is 33.3 Å². The van der Waals surface area contributed by atoms with Crippen molar-refractivity contribution in [3.8, 4) is 17.0 Å². The Morgan fingerprint density at radius 2 is 2.15 bits per heavy atom. The van der Waals surface area contributed by atoms with Gasteiger partial charge in [-0.2, -0.15) is 5.10 Å². The Bertz CT molecular complexity index is 894. The zero-order valence-corrected chi connectivity index (χ0v) is 14.6. The number of hydrogen-bond donors (Lipinski definition) is 1. The van der Waals surface area contributed by atoms with Gasteiger partial charge in [-0.1, -0.05) is 18.2 Å². The lowest BCUT2D eigenvalue weighted by atomic mass is 10.1. The Balaban J connectivity index is 1.47. The van der Waals surface area contributed by atoms with Gasteiger partial charge in [0.05, 0.1) is 11.7 Å². The molecule has 4 rings (SSSR count). The topological polar surface area (TPSA) is 69.0 Å². The zero-order valence-electron chi connectivity index (χ0n) is 14.6. The fraction of sp³-hybridized carbons (Fsp3) is 0.250. The molecule has 0 fully saturated rings. The SMILES string of the molecule is Cn1nc(-c2cccnc2)cc1C(=O)NC1CCc2ccccc2OC1. The fourth-order valence-corrected chi connectivity index (χ4v) is 3.16. The molecule has 2 aromatic heterocycles. The number of aryl methyl sites for hydroxylation is 2. The molecular weight excluding hydrogens is 328 g/mol. The number of nitrogens with zero attached hydrogens (tertiary/aromatic N) is 3. The minimum absolute atomic E-state index is 0.0355. The Hall–Kier alpha value is -3.15. The summed E-state index contributed by atoms with van der Waals surface area (Å²) in [7, 11) is 1.77. The van der Waals surface area contributed by atoms with Crippen molar-refractivity contribution in [2.75, 3.05) is 6.61 Å². The van der Waals surface area contributed by atoms with Gasteiger partial charge in [-0.05, 0) is 42.7 Å². The first kappa shape index (κ1) is 16.3. The minimum Gasteiger partial charge on any atom is -0.491 e. The molecule has 132 valence electrons. The number of carbonyl (C=O) groups excluding carboxylic acids is 1. The number of carbonyl (C=O) groups is 1. The molecular formula is C20H20N4O2. The smallest absolute Gasteiger partial charge is 0.269 e. The molecule has 3 aromatic rings. The monoisotopic (exact) mass is 348 g/mol. The third kappa shape index (κ3) is 3.31.